The van der Waals surface area contributed by atoms with E-state index >= 15 is 0 Å². The number of likely N-dealkylation sites (tertiary alicyclic amines) is 1. The first-order chi connectivity index (χ1) is 9.76. The van der Waals surface area contributed by atoms with Gasteiger partial charge in [0.2, 0.25) is 5.91 Å². The molecule has 1 aliphatic carbocycles. The van der Waals surface area contributed by atoms with Crippen LogP contribution in [0, 0.1) is 5.92 Å². The molecule has 0 aromatic rings. The molecule has 2 heterocycles. The minimum absolute atomic E-state index is 0.408. The fraction of sp³-hybridized carbons (Fsp3) is 0.938. The third kappa shape index (κ3) is 3.53. The summed E-state index contributed by atoms with van der Waals surface area (Å²) >= 11 is 0. The van der Waals surface area contributed by atoms with Crippen LogP contribution in [0.3, 0.4) is 0 Å². The Morgan fingerprint density at radius 2 is 1.60 bits per heavy atom. The molecule has 20 heavy (non-hydrogen) atoms. The molecule has 0 spiro atoms. The summed E-state index contributed by atoms with van der Waals surface area (Å²) < 4.78 is 0. The number of piperazine rings is 1. The van der Waals surface area contributed by atoms with Crippen molar-refractivity contribution in [3.63, 3.8) is 0 Å². The van der Waals surface area contributed by atoms with E-state index in [-0.39, 0.29) is 0 Å². The number of nitrogens with zero attached hydrogens (tertiary/aromatic N) is 3. The largest absolute Gasteiger partial charge is 0.340 e. The summed E-state index contributed by atoms with van der Waals surface area (Å²) in [5.41, 5.74) is 0. The molecule has 0 aromatic heterocycles. The third-order valence-corrected chi connectivity index (χ3v) is 5.35. The fourth-order valence-electron chi connectivity index (χ4n) is 3.65. The summed E-state index contributed by atoms with van der Waals surface area (Å²) in [6, 6.07) is 0.897. The number of likely N-dealkylation sites (N-methyl/N-ethyl adjacent to an activating group) is 1. The van der Waals surface area contributed by atoms with Crippen molar-refractivity contribution in [2.24, 2.45) is 5.92 Å². The molecule has 1 amide bonds. The molecule has 0 aromatic carbocycles. The van der Waals surface area contributed by atoms with Crippen LogP contribution in [0.25, 0.3) is 0 Å². The predicted molar refractivity (Wildman–Crippen MR) is 80.6 cm³/mol. The van der Waals surface area contributed by atoms with Crippen LogP contribution < -0.4 is 0 Å². The van der Waals surface area contributed by atoms with Crippen LogP contribution in [-0.4, -0.2) is 72.5 Å². The van der Waals surface area contributed by atoms with Crippen molar-refractivity contribution in [2.45, 2.75) is 45.1 Å². The first-order valence-electron chi connectivity index (χ1n) is 8.50. The Labute approximate surface area is 123 Å². The molecule has 3 fully saturated rings. The molecule has 0 bridgehead atoms. The van der Waals surface area contributed by atoms with Crippen molar-refractivity contribution < 1.29 is 4.79 Å². The zero-order valence-corrected chi connectivity index (χ0v) is 12.9. The summed E-state index contributed by atoms with van der Waals surface area (Å²) in [7, 11) is 0. The Bertz CT molecular complexity index is 327. The second kappa shape index (κ2) is 6.44. The quantitative estimate of drug-likeness (QED) is 0.778. The molecule has 0 unspecified atom stereocenters. The van der Waals surface area contributed by atoms with Gasteiger partial charge in [-0.1, -0.05) is 6.92 Å². The van der Waals surface area contributed by atoms with E-state index in [0.29, 0.717) is 11.8 Å². The van der Waals surface area contributed by atoms with Gasteiger partial charge in [-0.05, 0) is 51.2 Å². The van der Waals surface area contributed by atoms with Crippen molar-refractivity contribution in [1.82, 2.24) is 14.7 Å². The van der Waals surface area contributed by atoms with E-state index < -0.39 is 0 Å². The number of piperidine rings is 1. The summed E-state index contributed by atoms with van der Waals surface area (Å²) in [6.07, 6.45) is 6.08. The van der Waals surface area contributed by atoms with Crippen LogP contribution in [0.15, 0.2) is 0 Å². The number of hydrogen-bond donors (Lipinski definition) is 0. The SMILES string of the molecule is CCN1CCN(C(=O)CC2CCN(C3CC3)CC2)CC1. The van der Waals surface area contributed by atoms with Crippen molar-refractivity contribution in [2.75, 3.05) is 45.8 Å². The van der Waals surface area contributed by atoms with Crippen molar-refractivity contribution in [3.05, 3.63) is 0 Å². The molecule has 0 radical (unpaired) electrons. The van der Waals surface area contributed by atoms with Gasteiger partial charge >= 0.3 is 0 Å². The highest BCUT2D eigenvalue weighted by Crippen LogP contribution is 2.31. The summed E-state index contributed by atoms with van der Waals surface area (Å²) in [4.78, 5) is 19.5. The highest BCUT2D eigenvalue weighted by Gasteiger charge is 2.32. The van der Waals surface area contributed by atoms with E-state index in [1.165, 1.54) is 38.8 Å². The van der Waals surface area contributed by atoms with Gasteiger partial charge in [-0.2, -0.15) is 0 Å². The van der Waals surface area contributed by atoms with Crippen LogP contribution in [0.1, 0.15) is 39.0 Å². The third-order valence-electron chi connectivity index (χ3n) is 5.35. The molecular weight excluding hydrogens is 250 g/mol. The number of amides is 1. The molecule has 0 N–H and O–H groups in total. The molecule has 3 aliphatic rings. The maximum absolute atomic E-state index is 12.4. The second-order valence-electron chi connectivity index (χ2n) is 6.73. The van der Waals surface area contributed by atoms with Gasteiger partial charge in [-0.3, -0.25) is 4.79 Å². The Hall–Kier alpha value is -0.610. The van der Waals surface area contributed by atoms with Gasteiger partial charge in [0, 0.05) is 38.6 Å². The molecule has 114 valence electrons. The zero-order valence-electron chi connectivity index (χ0n) is 12.9. The highest BCUT2D eigenvalue weighted by atomic mass is 16.2. The van der Waals surface area contributed by atoms with Gasteiger partial charge in [0.15, 0.2) is 0 Å². The standard InChI is InChI=1S/C16H29N3O/c1-2-17-9-11-19(12-10-17)16(20)13-14-5-7-18(8-6-14)15-3-4-15/h14-15H,2-13H2,1H3. The first kappa shape index (κ1) is 14.3. The van der Waals surface area contributed by atoms with E-state index in [2.05, 4.69) is 21.6 Å². The molecule has 4 nitrogen and oxygen atoms in total. The lowest BCUT2D eigenvalue weighted by molar-refractivity contribution is -0.134. The summed E-state index contributed by atoms with van der Waals surface area (Å²) in [5.74, 6) is 1.05. The van der Waals surface area contributed by atoms with Crippen molar-refractivity contribution >= 4 is 5.91 Å². The van der Waals surface area contributed by atoms with E-state index in [4.69, 9.17) is 0 Å². The van der Waals surface area contributed by atoms with Crippen LogP contribution in [0.4, 0.5) is 0 Å². The monoisotopic (exact) mass is 279 g/mol. The van der Waals surface area contributed by atoms with E-state index in [0.717, 1.165) is 45.2 Å². The van der Waals surface area contributed by atoms with Crippen LogP contribution >= 0.6 is 0 Å². The zero-order chi connectivity index (χ0) is 13.9. The topological polar surface area (TPSA) is 26.8 Å². The first-order valence-corrected chi connectivity index (χ1v) is 8.50. The van der Waals surface area contributed by atoms with Crippen LogP contribution in [0.5, 0.6) is 0 Å². The normalized spacial score (nSPS) is 26.9. The fourth-order valence-corrected chi connectivity index (χ4v) is 3.65. The predicted octanol–water partition coefficient (Wildman–Crippen LogP) is 1.41. The van der Waals surface area contributed by atoms with Gasteiger partial charge in [0.1, 0.15) is 0 Å². The Morgan fingerprint density at radius 1 is 0.950 bits per heavy atom. The lowest BCUT2D eigenvalue weighted by Crippen LogP contribution is -2.49. The maximum atomic E-state index is 12.4. The van der Waals surface area contributed by atoms with Gasteiger partial charge in [0.25, 0.3) is 0 Å². The number of carbonyl (C=O) groups excluding carboxylic acids is 1. The minimum atomic E-state index is 0.408. The average Bonchev–Trinajstić information content (AvgIpc) is 3.33. The second-order valence-corrected chi connectivity index (χ2v) is 6.73. The van der Waals surface area contributed by atoms with Gasteiger partial charge in [0.05, 0.1) is 0 Å². The Kier molecular flexibility index (Phi) is 4.61. The average molecular weight is 279 g/mol. The van der Waals surface area contributed by atoms with Gasteiger partial charge in [-0.25, -0.2) is 0 Å². The summed E-state index contributed by atoms with van der Waals surface area (Å²) in [6.45, 7) is 9.76. The number of hydrogen-bond acceptors (Lipinski definition) is 3. The number of carbonyl (C=O) groups is 1. The Balaban J connectivity index is 1.38. The smallest absolute Gasteiger partial charge is 0.222 e. The van der Waals surface area contributed by atoms with Crippen molar-refractivity contribution in [3.8, 4) is 0 Å². The van der Waals surface area contributed by atoms with E-state index in [9.17, 15) is 4.79 Å². The molecule has 1 saturated carbocycles. The lowest BCUT2D eigenvalue weighted by atomic mass is 9.92. The highest BCUT2D eigenvalue weighted by molar-refractivity contribution is 5.76. The maximum Gasteiger partial charge on any atom is 0.222 e. The van der Waals surface area contributed by atoms with Crippen LogP contribution in [-0.2, 0) is 4.79 Å². The number of rotatable bonds is 4. The Morgan fingerprint density at radius 3 is 2.15 bits per heavy atom. The lowest BCUT2D eigenvalue weighted by Gasteiger charge is -2.36. The molecule has 2 aliphatic heterocycles. The minimum Gasteiger partial charge on any atom is -0.340 e. The molecule has 3 rings (SSSR count). The molecule has 2 saturated heterocycles. The van der Waals surface area contributed by atoms with Gasteiger partial charge < -0.3 is 14.7 Å². The van der Waals surface area contributed by atoms with E-state index in [1.807, 2.05) is 0 Å². The van der Waals surface area contributed by atoms with E-state index in [1.54, 1.807) is 0 Å². The molecule has 4 heteroatoms. The summed E-state index contributed by atoms with van der Waals surface area (Å²) in [5, 5.41) is 0. The molecular formula is C16H29N3O. The van der Waals surface area contributed by atoms with Crippen molar-refractivity contribution in [1.29, 1.82) is 0 Å². The van der Waals surface area contributed by atoms with Gasteiger partial charge in [-0.15, -0.1) is 0 Å². The van der Waals surface area contributed by atoms with Crippen LogP contribution in [0.2, 0.25) is 0 Å². The molecule has 0 atom stereocenters.